The molecule has 21 heavy (non-hydrogen) atoms. The Morgan fingerprint density at radius 2 is 2.05 bits per heavy atom. The lowest BCUT2D eigenvalue weighted by atomic mass is 9.96. The van der Waals surface area contributed by atoms with Crippen molar-refractivity contribution in [3.05, 3.63) is 35.1 Å². The number of aryl methyl sites for hydroxylation is 1. The van der Waals surface area contributed by atoms with Crippen molar-refractivity contribution in [2.75, 3.05) is 13.1 Å². The standard InChI is InChI=1S/C14H15F4NO2/c1-8-2-3-9(4-12(8)15)5-19-6-10(13(20)21)11(7-19)14(16,17)18/h2-4,10-11H,5-7H2,1H3,(H,20,21)/t10-,11-/m1/s1. The van der Waals surface area contributed by atoms with Crippen LogP contribution in [0.4, 0.5) is 17.6 Å². The van der Waals surface area contributed by atoms with E-state index < -0.39 is 29.8 Å². The molecule has 1 aliphatic rings. The van der Waals surface area contributed by atoms with E-state index in [1.54, 1.807) is 19.1 Å². The monoisotopic (exact) mass is 305 g/mol. The Morgan fingerprint density at radius 1 is 1.38 bits per heavy atom. The first-order chi connectivity index (χ1) is 9.68. The van der Waals surface area contributed by atoms with E-state index in [1.807, 2.05) is 0 Å². The fraction of sp³-hybridized carbons (Fsp3) is 0.500. The van der Waals surface area contributed by atoms with Gasteiger partial charge in [0.15, 0.2) is 0 Å². The molecule has 0 amide bonds. The number of aliphatic carboxylic acids is 1. The van der Waals surface area contributed by atoms with E-state index in [4.69, 9.17) is 5.11 Å². The summed E-state index contributed by atoms with van der Waals surface area (Å²) in [4.78, 5) is 12.4. The van der Waals surface area contributed by atoms with Crippen LogP contribution < -0.4 is 0 Å². The third kappa shape index (κ3) is 3.53. The highest BCUT2D eigenvalue weighted by Gasteiger charge is 2.52. The molecule has 1 saturated heterocycles. The van der Waals surface area contributed by atoms with E-state index in [0.29, 0.717) is 11.1 Å². The molecule has 1 N–H and O–H groups in total. The lowest BCUT2D eigenvalue weighted by molar-refractivity contribution is -0.188. The van der Waals surface area contributed by atoms with Gasteiger partial charge >= 0.3 is 12.1 Å². The summed E-state index contributed by atoms with van der Waals surface area (Å²) in [6.45, 7) is 1.13. The van der Waals surface area contributed by atoms with Crippen LogP contribution in [0, 0.1) is 24.6 Å². The van der Waals surface area contributed by atoms with Crippen LogP contribution in [0.1, 0.15) is 11.1 Å². The van der Waals surface area contributed by atoms with Gasteiger partial charge in [-0.05, 0) is 24.1 Å². The van der Waals surface area contributed by atoms with Gasteiger partial charge in [0.05, 0.1) is 11.8 Å². The average Bonchev–Trinajstić information content (AvgIpc) is 2.78. The first kappa shape index (κ1) is 15.8. The zero-order chi connectivity index (χ0) is 15.8. The molecule has 0 unspecified atom stereocenters. The van der Waals surface area contributed by atoms with Gasteiger partial charge in [0.2, 0.25) is 0 Å². The van der Waals surface area contributed by atoms with Gasteiger partial charge in [0.1, 0.15) is 5.82 Å². The van der Waals surface area contributed by atoms with E-state index in [2.05, 4.69) is 0 Å². The van der Waals surface area contributed by atoms with Crippen LogP contribution in [-0.4, -0.2) is 35.2 Å². The third-order valence-electron chi connectivity index (χ3n) is 3.78. The average molecular weight is 305 g/mol. The molecule has 0 bridgehead atoms. The normalized spacial score (nSPS) is 23.5. The Bertz CT molecular complexity index is 544. The number of likely N-dealkylation sites (tertiary alicyclic amines) is 1. The maximum atomic E-state index is 13.4. The van der Waals surface area contributed by atoms with Crippen LogP contribution in [-0.2, 0) is 11.3 Å². The highest BCUT2D eigenvalue weighted by Crippen LogP contribution is 2.38. The smallest absolute Gasteiger partial charge is 0.393 e. The molecular formula is C14H15F4NO2. The maximum absolute atomic E-state index is 13.4. The Labute approximate surface area is 119 Å². The van der Waals surface area contributed by atoms with Crippen molar-refractivity contribution in [1.82, 2.24) is 4.90 Å². The van der Waals surface area contributed by atoms with Crippen molar-refractivity contribution >= 4 is 5.97 Å². The second kappa shape index (κ2) is 5.63. The molecule has 1 fully saturated rings. The summed E-state index contributed by atoms with van der Waals surface area (Å²) >= 11 is 0. The van der Waals surface area contributed by atoms with Gasteiger partial charge in [-0.1, -0.05) is 12.1 Å². The third-order valence-corrected chi connectivity index (χ3v) is 3.78. The molecule has 2 atom stereocenters. The number of hydrogen-bond acceptors (Lipinski definition) is 2. The number of carbonyl (C=O) groups is 1. The minimum absolute atomic E-state index is 0.105. The lowest BCUT2D eigenvalue weighted by Gasteiger charge is -2.18. The van der Waals surface area contributed by atoms with Crippen molar-refractivity contribution in [2.24, 2.45) is 11.8 Å². The molecule has 3 nitrogen and oxygen atoms in total. The van der Waals surface area contributed by atoms with Crippen molar-refractivity contribution in [3.8, 4) is 0 Å². The molecule has 7 heteroatoms. The topological polar surface area (TPSA) is 40.5 Å². The molecule has 1 aromatic carbocycles. The van der Waals surface area contributed by atoms with Gasteiger partial charge in [-0.3, -0.25) is 9.69 Å². The molecule has 0 radical (unpaired) electrons. The molecule has 2 rings (SSSR count). The summed E-state index contributed by atoms with van der Waals surface area (Å²) < 4.78 is 52.0. The zero-order valence-electron chi connectivity index (χ0n) is 11.3. The van der Waals surface area contributed by atoms with Crippen LogP contribution in [0.3, 0.4) is 0 Å². The summed E-state index contributed by atoms with van der Waals surface area (Å²) in [5.74, 6) is -5.23. The number of alkyl halides is 3. The van der Waals surface area contributed by atoms with E-state index in [1.165, 1.54) is 11.0 Å². The second-order valence-electron chi connectivity index (χ2n) is 5.37. The lowest BCUT2D eigenvalue weighted by Crippen LogP contribution is -2.33. The number of halogens is 4. The quantitative estimate of drug-likeness (QED) is 0.873. The highest BCUT2D eigenvalue weighted by atomic mass is 19.4. The van der Waals surface area contributed by atoms with Gasteiger partial charge in [0, 0.05) is 19.6 Å². The summed E-state index contributed by atoms with van der Waals surface area (Å²) in [7, 11) is 0. The van der Waals surface area contributed by atoms with Gasteiger partial charge in [-0.2, -0.15) is 13.2 Å². The predicted molar refractivity (Wildman–Crippen MR) is 67.1 cm³/mol. The SMILES string of the molecule is Cc1ccc(CN2C[C@@H](C(F)(F)F)[C@H](C(=O)O)C2)cc1F. The molecule has 0 spiro atoms. The number of benzene rings is 1. The highest BCUT2D eigenvalue weighted by molar-refractivity contribution is 5.71. The molecule has 0 saturated carbocycles. The Balaban J connectivity index is 2.12. The van der Waals surface area contributed by atoms with Crippen LogP contribution in [0.2, 0.25) is 0 Å². The van der Waals surface area contributed by atoms with Crippen LogP contribution in [0.5, 0.6) is 0 Å². The first-order valence-electron chi connectivity index (χ1n) is 6.45. The van der Waals surface area contributed by atoms with Gasteiger partial charge in [-0.25, -0.2) is 4.39 Å². The van der Waals surface area contributed by atoms with Crippen molar-refractivity contribution < 1.29 is 27.5 Å². The predicted octanol–water partition coefficient (Wildman–Crippen LogP) is 2.83. The fourth-order valence-electron chi connectivity index (χ4n) is 2.59. The molecule has 1 aliphatic heterocycles. The Kier molecular flexibility index (Phi) is 4.22. The molecule has 1 heterocycles. The summed E-state index contributed by atoms with van der Waals surface area (Å²) in [6, 6.07) is 4.46. The Hall–Kier alpha value is -1.63. The number of nitrogens with zero attached hydrogens (tertiary/aromatic N) is 1. The molecule has 1 aromatic rings. The van der Waals surface area contributed by atoms with Crippen LogP contribution >= 0.6 is 0 Å². The number of rotatable bonds is 3. The summed E-state index contributed by atoms with van der Waals surface area (Å²) in [6.07, 6.45) is -4.55. The van der Waals surface area contributed by atoms with Crippen LogP contribution in [0.25, 0.3) is 0 Å². The number of carboxylic acid groups (broad SMARTS) is 1. The minimum atomic E-state index is -4.55. The Morgan fingerprint density at radius 3 is 2.52 bits per heavy atom. The van der Waals surface area contributed by atoms with Gasteiger partial charge in [0.25, 0.3) is 0 Å². The van der Waals surface area contributed by atoms with E-state index in [-0.39, 0.29) is 19.6 Å². The number of hydrogen-bond donors (Lipinski definition) is 1. The summed E-state index contributed by atoms with van der Waals surface area (Å²) in [5, 5.41) is 8.92. The second-order valence-corrected chi connectivity index (χ2v) is 5.37. The zero-order valence-corrected chi connectivity index (χ0v) is 11.3. The minimum Gasteiger partial charge on any atom is -0.481 e. The fourth-order valence-corrected chi connectivity index (χ4v) is 2.59. The van der Waals surface area contributed by atoms with E-state index >= 15 is 0 Å². The maximum Gasteiger partial charge on any atom is 0.393 e. The van der Waals surface area contributed by atoms with Gasteiger partial charge in [-0.15, -0.1) is 0 Å². The van der Waals surface area contributed by atoms with Crippen molar-refractivity contribution in [1.29, 1.82) is 0 Å². The molecule has 116 valence electrons. The van der Waals surface area contributed by atoms with Crippen molar-refractivity contribution in [3.63, 3.8) is 0 Å². The van der Waals surface area contributed by atoms with Crippen molar-refractivity contribution in [2.45, 2.75) is 19.6 Å². The van der Waals surface area contributed by atoms with Crippen LogP contribution in [0.15, 0.2) is 18.2 Å². The van der Waals surface area contributed by atoms with E-state index in [0.717, 1.165) is 0 Å². The largest absolute Gasteiger partial charge is 0.481 e. The van der Waals surface area contributed by atoms with Gasteiger partial charge < -0.3 is 5.11 Å². The molecule has 0 aromatic heterocycles. The van der Waals surface area contributed by atoms with E-state index in [9.17, 15) is 22.4 Å². The first-order valence-corrected chi connectivity index (χ1v) is 6.45. The summed E-state index contributed by atoms with van der Waals surface area (Å²) in [5.41, 5.74) is 0.988. The molecule has 0 aliphatic carbocycles. The number of carboxylic acids is 1. The molecular weight excluding hydrogens is 290 g/mol.